The Morgan fingerprint density at radius 3 is 2.73 bits per heavy atom. The van der Waals surface area contributed by atoms with Crippen LogP contribution in [-0.4, -0.2) is 23.7 Å². The van der Waals surface area contributed by atoms with Crippen molar-refractivity contribution < 1.29 is 9.53 Å². The number of nitrogens with zero attached hydrogens (tertiary/aromatic N) is 1. The number of carbonyl (C=O) groups excluding carboxylic acids is 1. The van der Waals surface area contributed by atoms with Gasteiger partial charge in [0.25, 0.3) is 5.91 Å². The summed E-state index contributed by atoms with van der Waals surface area (Å²) < 4.78 is 7.47. The Kier molecular flexibility index (Phi) is 5.63. The molecule has 0 atom stereocenters. The molecule has 0 aliphatic heterocycles. The fourth-order valence-corrected chi connectivity index (χ4v) is 2.78. The van der Waals surface area contributed by atoms with Gasteiger partial charge in [-0.25, -0.2) is 0 Å². The number of rotatable bonds is 7. The summed E-state index contributed by atoms with van der Waals surface area (Å²) >= 11 is 6.30. The van der Waals surface area contributed by atoms with Gasteiger partial charge in [0.05, 0.1) is 11.3 Å². The zero-order valence-corrected chi connectivity index (χ0v) is 13.7. The van der Waals surface area contributed by atoms with E-state index in [-0.39, 0.29) is 0 Å². The number of primary amides is 1. The first-order valence-corrected chi connectivity index (χ1v) is 7.76. The van der Waals surface area contributed by atoms with Crippen LogP contribution in [0.15, 0.2) is 30.3 Å². The van der Waals surface area contributed by atoms with Gasteiger partial charge in [0.1, 0.15) is 0 Å². The smallest absolute Gasteiger partial charge is 0.250 e. The van der Waals surface area contributed by atoms with Gasteiger partial charge in [-0.1, -0.05) is 29.8 Å². The molecule has 0 saturated heterocycles. The second-order valence-electron chi connectivity index (χ2n) is 5.07. The normalized spacial score (nSPS) is 10.9. The molecule has 5 heteroatoms. The van der Waals surface area contributed by atoms with Gasteiger partial charge in [-0.15, -0.1) is 0 Å². The molecule has 22 heavy (non-hydrogen) atoms. The van der Waals surface area contributed by atoms with Crippen molar-refractivity contribution in [2.24, 2.45) is 5.73 Å². The van der Waals surface area contributed by atoms with E-state index in [1.165, 1.54) is 0 Å². The third kappa shape index (κ3) is 3.51. The molecule has 0 aliphatic rings. The molecule has 118 valence electrons. The van der Waals surface area contributed by atoms with E-state index in [4.69, 9.17) is 22.1 Å². The Balaban J connectivity index is 2.41. The molecule has 1 aromatic carbocycles. The molecule has 4 nitrogen and oxygen atoms in total. The average Bonchev–Trinajstić information content (AvgIpc) is 2.81. The minimum absolute atomic E-state index is 0.422. The van der Waals surface area contributed by atoms with E-state index in [0.717, 1.165) is 29.9 Å². The average molecular weight is 321 g/mol. The minimum atomic E-state index is -0.422. The lowest BCUT2D eigenvalue weighted by Crippen LogP contribution is -2.13. The van der Waals surface area contributed by atoms with Crippen LogP contribution < -0.4 is 5.73 Å². The fraction of sp³-hybridized carbons (Fsp3) is 0.353. The summed E-state index contributed by atoms with van der Waals surface area (Å²) in [6, 6.07) is 9.42. The molecular weight excluding hydrogens is 300 g/mol. The SMILES string of the molecule is CCOCCCn1c(-c2ccccc2Cl)cc(C(N)=O)c1C. The van der Waals surface area contributed by atoms with Gasteiger partial charge in [-0.2, -0.15) is 0 Å². The summed E-state index contributed by atoms with van der Waals surface area (Å²) in [7, 11) is 0. The summed E-state index contributed by atoms with van der Waals surface area (Å²) in [5.74, 6) is -0.422. The van der Waals surface area contributed by atoms with E-state index in [2.05, 4.69) is 4.57 Å². The first kappa shape index (κ1) is 16.6. The zero-order valence-electron chi connectivity index (χ0n) is 12.9. The summed E-state index contributed by atoms with van der Waals surface area (Å²) in [5.41, 5.74) is 8.68. The summed E-state index contributed by atoms with van der Waals surface area (Å²) in [4.78, 5) is 11.6. The summed E-state index contributed by atoms with van der Waals surface area (Å²) in [6.45, 7) is 6.01. The Morgan fingerprint density at radius 1 is 1.36 bits per heavy atom. The third-order valence-corrected chi connectivity index (χ3v) is 3.99. The van der Waals surface area contributed by atoms with Gasteiger partial charge in [0, 0.05) is 36.0 Å². The predicted octanol–water partition coefficient (Wildman–Crippen LogP) is 3.64. The lowest BCUT2D eigenvalue weighted by molar-refractivity contribution is 0.0999. The lowest BCUT2D eigenvalue weighted by atomic mass is 10.1. The van der Waals surface area contributed by atoms with Crippen molar-refractivity contribution in [2.45, 2.75) is 26.8 Å². The van der Waals surface area contributed by atoms with E-state index in [1.54, 1.807) is 0 Å². The highest BCUT2D eigenvalue weighted by molar-refractivity contribution is 6.33. The Bertz CT molecular complexity index is 665. The van der Waals surface area contributed by atoms with Gasteiger partial charge in [-0.05, 0) is 32.4 Å². The van der Waals surface area contributed by atoms with Crippen LogP contribution in [0, 0.1) is 6.92 Å². The maximum Gasteiger partial charge on any atom is 0.250 e. The number of carbonyl (C=O) groups is 1. The second kappa shape index (κ2) is 7.47. The number of nitrogens with two attached hydrogens (primary N) is 1. The fourth-order valence-electron chi connectivity index (χ4n) is 2.54. The number of aromatic nitrogens is 1. The second-order valence-corrected chi connectivity index (χ2v) is 5.48. The molecule has 0 unspecified atom stereocenters. The van der Waals surface area contributed by atoms with Crippen LogP contribution in [0.1, 0.15) is 29.4 Å². The quantitative estimate of drug-likeness (QED) is 0.792. The summed E-state index contributed by atoms with van der Waals surface area (Å²) in [5, 5.41) is 0.655. The van der Waals surface area contributed by atoms with E-state index in [1.807, 2.05) is 44.2 Å². The molecule has 0 spiro atoms. The molecule has 1 aromatic heterocycles. The van der Waals surface area contributed by atoms with Gasteiger partial charge in [-0.3, -0.25) is 4.79 Å². The Hall–Kier alpha value is -1.78. The Morgan fingerprint density at radius 2 is 2.09 bits per heavy atom. The van der Waals surface area contributed by atoms with Crippen LogP contribution in [0.3, 0.4) is 0 Å². The standard InChI is InChI=1S/C17H21ClN2O2/c1-3-22-10-6-9-20-12(2)14(17(19)21)11-16(20)13-7-4-5-8-15(13)18/h4-5,7-8,11H,3,6,9-10H2,1-2H3,(H2,19,21). The monoisotopic (exact) mass is 320 g/mol. The molecule has 2 aromatic rings. The van der Waals surface area contributed by atoms with Crippen molar-refractivity contribution in [3.05, 3.63) is 46.6 Å². The maximum atomic E-state index is 11.6. The van der Waals surface area contributed by atoms with Crippen LogP contribution >= 0.6 is 11.6 Å². The van der Waals surface area contributed by atoms with Crippen LogP contribution in [0.25, 0.3) is 11.3 Å². The van der Waals surface area contributed by atoms with Crippen LogP contribution in [0.5, 0.6) is 0 Å². The molecule has 2 rings (SSSR count). The van der Waals surface area contributed by atoms with Crippen molar-refractivity contribution in [3.63, 3.8) is 0 Å². The molecule has 0 radical (unpaired) electrons. The number of hydrogen-bond donors (Lipinski definition) is 1. The largest absolute Gasteiger partial charge is 0.382 e. The number of amides is 1. The topological polar surface area (TPSA) is 57.2 Å². The minimum Gasteiger partial charge on any atom is -0.382 e. The van der Waals surface area contributed by atoms with Crippen LogP contribution in [0.2, 0.25) is 5.02 Å². The van der Waals surface area contributed by atoms with Crippen LogP contribution in [0.4, 0.5) is 0 Å². The number of hydrogen-bond acceptors (Lipinski definition) is 2. The van der Waals surface area contributed by atoms with Gasteiger partial charge in [0.15, 0.2) is 0 Å². The van der Waals surface area contributed by atoms with Gasteiger partial charge < -0.3 is 15.0 Å². The molecular formula is C17H21ClN2O2. The molecule has 1 amide bonds. The Labute approximate surface area is 135 Å². The highest BCUT2D eigenvalue weighted by Gasteiger charge is 2.17. The van der Waals surface area contributed by atoms with Crippen molar-refractivity contribution in [3.8, 4) is 11.3 Å². The lowest BCUT2D eigenvalue weighted by Gasteiger charge is -2.13. The predicted molar refractivity (Wildman–Crippen MR) is 89.2 cm³/mol. The number of benzene rings is 1. The van der Waals surface area contributed by atoms with E-state index < -0.39 is 5.91 Å². The van der Waals surface area contributed by atoms with Gasteiger partial charge in [0.2, 0.25) is 0 Å². The molecule has 0 bridgehead atoms. The number of ether oxygens (including phenoxy) is 1. The van der Waals surface area contributed by atoms with E-state index in [9.17, 15) is 4.79 Å². The first-order chi connectivity index (χ1) is 10.6. The molecule has 0 fully saturated rings. The highest BCUT2D eigenvalue weighted by atomic mass is 35.5. The van der Waals surface area contributed by atoms with Crippen molar-refractivity contribution in [1.29, 1.82) is 0 Å². The highest BCUT2D eigenvalue weighted by Crippen LogP contribution is 2.31. The first-order valence-electron chi connectivity index (χ1n) is 7.38. The van der Waals surface area contributed by atoms with Crippen molar-refractivity contribution >= 4 is 17.5 Å². The summed E-state index contributed by atoms with van der Waals surface area (Å²) in [6.07, 6.45) is 0.860. The number of halogens is 1. The maximum absolute atomic E-state index is 11.6. The van der Waals surface area contributed by atoms with Crippen LogP contribution in [-0.2, 0) is 11.3 Å². The molecule has 2 N–H and O–H groups in total. The molecule has 0 saturated carbocycles. The van der Waals surface area contributed by atoms with E-state index >= 15 is 0 Å². The van der Waals surface area contributed by atoms with Gasteiger partial charge >= 0.3 is 0 Å². The third-order valence-electron chi connectivity index (χ3n) is 3.66. The van der Waals surface area contributed by atoms with E-state index in [0.29, 0.717) is 23.8 Å². The van der Waals surface area contributed by atoms with Crippen molar-refractivity contribution in [1.82, 2.24) is 4.57 Å². The molecule has 0 aliphatic carbocycles. The molecule has 1 heterocycles. The van der Waals surface area contributed by atoms with Crippen molar-refractivity contribution in [2.75, 3.05) is 13.2 Å². The zero-order chi connectivity index (χ0) is 16.1.